The standard InChI is InChI=1S/C16H20N6O2S/c1-9-4-5-12(8-14(9)17-11(3)23)18-15(24)10(2)25-16-19-20-21-22(16)13-6-7-13/h4-5,8,10,13H,6-7H2,1-3H3,(H,17,23)(H,18,24). The van der Waals surface area contributed by atoms with Gasteiger partial charge in [0.2, 0.25) is 17.0 Å². The smallest absolute Gasteiger partial charge is 0.237 e. The van der Waals surface area contributed by atoms with Gasteiger partial charge in [-0.3, -0.25) is 9.59 Å². The van der Waals surface area contributed by atoms with Crippen molar-refractivity contribution in [2.75, 3.05) is 10.6 Å². The van der Waals surface area contributed by atoms with Gasteiger partial charge >= 0.3 is 0 Å². The normalized spacial score (nSPS) is 14.8. The predicted molar refractivity (Wildman–Crippen MR) is 95.5 cm³/mol. The molecule has 132 valence electrons. The zero-order valence-corrected chi connectivity index (χ0v) is 15.1. The molecule has 1 saturated carbocycles. The molecule has 0 saturated heterocycles. The van der Waals surface area contributed by atoms with Gasteiger partial charge in [-0.25, -0.2) is 4.68 Å². The lowest BCUT2D eigenvalue weighted by Gasteiger charge is -2.13. The van der Waals surface area contributed by atoms with Gasteiger partial charge in [0, 0.05) is 18.3 Å². The topological polar surface area (TPSA) is 102 Å². The molecule has 0 spiro atoms. The third-order valence-electron chi connectivity index (χ3n) is 3.82. The maximum Gasteiger partial charge on any atom is 0.237 e. The molecule has 0 bridgehead atoms. The van der Waals surface area contributed by atoms with Gasteiger partial charge < -0.3 is 10.6 Å². The predicted octanol–water partition coefficient (Wildman–Crippen LogP) is 2.39. The van der Waals surface area contributed by atoms with E-state index in [1.807, 2.05) is 26.0 Å². The lowest BCUT2D eigenvalue weighted by Crippen LogP contribution is -2.23. The van der Waals surface area contributed by atoms with E-state index >= 15 is 0 Å². The Morgan fingerprint density at radius 3 is 2.76 bits per heavy atom. The van der Waals surface area contributed by atoms with E-state index in [0.29, 0.717) is 22.6 Å². The summed E-state index contributed by atoms with van der Waals surface area (Å²) in [5, 5.41) is 17.6. The molecule has 0 radical (unpaired) electrons. The summed E-state index contributed by atoms with van der Waals surface area (Å²) in [6, 6.07) is 5.78. The number of nitrogens with one attached hydrogen (secondary N) is 2. The second kappa shape index (κ2) is 7.22. The van der Waals surface area contributed by atoms with Crippen LogP contribution in [-0.4, -0.2) is 37.3 Å². The first kappa shape index (κ1) is 17.4. The SMILES string of the molecule is CC(=O)Nc1cc(NC(=O)C(C)Sc2nnnn2C2CC2)ccc1C. The molecule has 1 fully saturated rings. The minimum Gasteiger partial charge on any atom is -0.326 e. The number of aryl methyl sites for hydroxylation is 1. The average molecular weight is 360 g/mol. The van der Waals surface area contributed by atoms with Crippen LogP contribution in [0.3, 0.4) is 0 Å². The van der Waals surface area contributed by atoms with Crippen LogP contribution < -0.4 is 10.6 Å². The van der Waals surface area contributed by atoms with Crippen molar-refractivity contribution in [2.45, 2.75) is 50.1 Å². The second-order valence-corrected chi connectivity index (χ2v) is 7.41. The largest absolute Gasteiger partial charge is 0.326 e. The maximum atomic E-state index is 12.5. The summed E-state index contributed by atoms with van der Waals surface area (Å²) in [5.74, 6) is -0.296. The maximum absolute atomic E-state index is 12.5. The van der Waals surface area contributed by atoms with Crippen molar-refractivity contribution in [3.63, 3.8) is 0 Å². The number of benzene rings is 1. The minimum absolute atomic E-state index is 0.145. The van der Waals surface area contributed by atoms with Crippen LogP contribution in [0.15, 0.2) is 23.4 Å². The van der Waals surface area contributed by atoms with Crippen molar-refractivity contribution in [1.82, 2.24) is 20.2 Å². The number of carbonyl (C=O) groups is 2. The van der Waals surface area contributed by atoms with Crippen LogP contribution in [0.4, 0.5) is 11.4 Å². The summed E-state index contributed by atoms with van der Waals surface area (Å²) in [6.07, 6.45) is 2.16. The summed E-state index contributed by atoms with van der Waals surface area (Å²) in [6.45, 7) is 5.16. The molecule has 9 heteroatoms. The van der Waals surface area contributed by atoms with E-state index < -0.39 is 0 Å². The summed E-state index contributed by atoms with van der Waals surface area (Å²) in [5.41, 5.74) is 2.25. The van der Waals surface area contributed by atoms with E-state index in [2.05, 4.69) is 26.2 Å². The van der Waals surface area contributed by atoms with E-state index in [0.717, 1.165) is 18.4 Å². The van der Waals surface area contributed by atoms with Gasteiger partial charge in [-0.15, -0.1) is 5.10 Å². The molecule has 25 heavy (non-hydrogen) atoms. The second-order valence-electron chi connectivity index (χ2n) is 6.10. The molecule has 1 unspecified atom stereocenters. The monoisotopic (exact) mass is 360 g/mol. The summed E-state index contributed by atoms with van der Waals surface area (Å²) >= 11 is 1.34. The Morgan fingerprint density at radius 1 is 1.32 bits per heavy atom. The van der Waals surface area contributed by atoms with Crippen LogP contribution in [0, 0.1) is 6.92 Å². The third kappa shape index (κ3) is 4.36. The first-order chi connectivity index (χ1) is 11.9. The number of amides is 2. The molecule has 0 aliphatic heterocycles. The quantitative estimate of drug-likeness (QED) is 0.767. The van der Waals surface area contributed by atoms with Gasteiger partial charge in [0.05, 0.1) is 11.3 Å². The molecule has 1 aliphatic rings. The molecule has 1 aromatic heterocycles. The molecule has 1 aromatic carbocycles. The van der Waals surface area contributed by atoms with Crippen LogP contribution >= 0.6 is 11.8 Å². The first-order valence-corrected chi connectivity index (χ1v) is 8.95. The summed E-state index contributed by atoms with van der Waals surface area (Å²) in [4.78, 5) is 23.7. The van der Waals surface area contributed by atoms with E-state index in [1.54, 1.807) is 10.7 Å². The van der Waals surface area contributed by atoms with Crippen molar-refractivity contribution < 1.29 is 9.59 Å². The van der Waals surface area contributed by atoms with Gasteiger partial charge in [-0.1, -0.05) is 17.8 Å². The number of hydrogen-bond acceptors (Lipinski definition) is 6. The average Bonchev–Trinajstić information content (AvgIpc) is 3.30. The molecule has 3 rings (SSSR count). The van der Waals surface area contributed by atoms with Crippen molar-refractivity contribution >= 4 is 35.0 Å². The Kier molecular flexibility index (Phi) is 5.03. The lowest BCUT2D eigenvalue weighted by molar-refractivity contribution is -0.115. The number of hydrogen-bond donors (Lipinski definition) is 2. The van der Waals surface area contributed by atoms with Crippen LogP contribution in [0.25, 0.3) is 0 Å². The van der Waals surface area contributed by atoms with Crippen molar-refractivity contribution in [3.8, 4) is 0 Å². The number of tetrazole rings is 1. The van der Waals surface area contributed by atoms with Crippen molar-refractivity contribution in [1.29, 1.82) is 0 Å². The summed E-state index contributed by atoms with van der Waals surface area (Å²) in [7, 11) is 0. The molecule has 8 nitrogen and oxygen atoms in total. The highest BCUT2D eigenvalue weighted by atomic mass is 32.2. The van der Waals surface area contributed by atoms with E-state index in [1.165, 1.54) is 18.7 Å². The van der Waals surface area contributed by atoms with Crippen LogP contribution in [-0.2, 0) is 9.59 Å². The fourth-order valence-electron chi connectivity index (χ4n) is 2.29. The molecule has 1 heterocycles. The lowest BCUT2D eigenvalue weighted by atomic mass is 10.1. The fraction of sp³-hybridized carbons (Fsp3) is 0.438. The van der Waals surface area contributed by atoms with Crippen LogP contribution in [0.2, 0.25) is 0 Å². The highest BCUT2D eigenvalue weighted by Crippen LogP contribution is 2.37. The van der Waals surface area contributed by atoms with Gasteiger partial charge in [0.25, 0.3) is 0 Å². The molecule has 1 aliphatic carbocycles. The van der Waals surface area contributed by atoms with E-state index in [9.17, 15) is 9.59 Å². The summed E-state index contributed by atoms with van der Waals surface area (Å²) < 4.78 is 1.79. The van der Waals surface area contributed by atoms with Gasteiger partial charge in [0.1, 0.15) is 0 Å². The van der Waals surface area contributed by atoms with Crippen molar-refractivity contribution in [2.24, 2.45) is 0 Å². The fourth-order valence-corrected chi connectivity index (χ4v) is 3.15. The molecular formula is C16H20N6O2S. The number of thioether (sulfide) groups is 1. The Hall–Kier alpha value is -2.42. The Bertz CT molecular complexity index is 802. The molecule has 2 amide bonds. The number of aromatic nitrogens is 4. The van der Waals surface area contributed by atoms with Gasteiger partial charge in [-0.05, 0) is 54.8 Å². The zero-order valence-electron chi connectivity index (χ0n) is 14.3. The number of rotatable bonds is 6. The van der Waals surface area contributed by atoms with Crippen LogP contribution in [0.5, 0.6) is 0 Å². The Morgan fingerprint density at radius 2 is 2.08 bits per heavy atom. The number of anilines is 2. The Labute approximate surface area is 149 Å². The van der Waals surface area contributed by atoms with Gasteiger partial charge in [0.15, 0.2) is 0 Å². The number of carbonyl (C=O) groups excluding carboxylic acids is 2. The zero-order chi connectivity index (χ0) is 18.0. The first-order valence-electron chi connectivity index (χ1n) is 8.07. The van der Waals surface area contributed by atoms with E-state index in [4.69, 9.17) is 0 Å². The van der Waals surface area contributed by atoms with Gasteiger partial charge in [-0.2, -0.15) is 0 Å². The number of nitrogens with zero attached hydrogens (tertiary/aromatic N) is 4. The molecule has 1 atom stereocenters. The Balaban J connectivity index is 1.65. The highest BCUT2D eigenvalue weighted by molar-refractivity contribution is 8.00. The minimum atomic E-state index is -0.353. The third-order valence-corrected chi connectivity index (χ3v) is 4.87. The highest BCUT2D eigenvalue weighted by Gasteiger charge is 2.29. The molecular weight excluding hydrogens is 340 g/mol. The molecule has 2 N–H and O–H groups in total. The van der Waals surface area contributed by atoms with Crippen LogP contribution in [0.1, 0.15) is 38.3 Å². The molecule has 2 aromatic rings. The van der Waals surface area contributed by atoms with Crippen molar-refractivity contribution in [3.05, 3.63) is 23.8 Å². The van der Waals surface area contributed by atoms with E-state index in [-0.39, 0.29) is 17.1 Å².